The van der Waals surface area contributed by atoms with Crippen LogP contribution in [0.5, 0.6) is 0 Å². The first-order chi connectivity index (χ1) is 6.18. The maximum atomic E-state index is 11.0. The molecular formula is C6H9N5O2. The van der Waals surface area contributed by atoms with Crippen molar-refractivity contribution in [1.82, 2.24) is 20.3 Å². The van der Waals surface area contributed by atoms with Crippen molar-refractivity contribution in [2.45, 2.75) is 6.54 Å². The normalized spacial score (nSPS) is 9.54. The first-order valence-corrected chi connectivity index (χ1v) is 3.57. The predicted molar refractivity (Wildman–Crippen MR) is 42.2 cm³/mol. The van der Waals surface area contributed by atoms with Gasteiger partial charge in [0, 0.05) is 6.20 Å². The third-order valence-electron chi connectivity index (χ3n) is 1.24. The van der Waals surface area contributed by atoms with Crippen molar-refractivity contribution in [3.8, 4) is 0 Å². The fourth-order valence-electron chi connectivity index (χ4n) is 0.706. The largest absolute Gasteiger partial charge is 0.368 e. The highest BCUT2D eigenvalue weighted by Crippen LogP contribution is 1.79. The molecule has 0 saturated heterocycles. The van der Waals surface area contributed by atoms with E-state index in [9.17, 15) is 9.59 Å². The lowest BCUT2D eigenvalue weighted by Crippen LogP contribution is -2.35. The number of nitrogens with one attached hydrogen (secondary N) is 1. The molecule has 0 aliphatic rings. The number of hydrogen-bond donors (Lipinski definition) is 2. The van der Waals surface area contributed by atoms with Gasteiger partial charge in [-0.15, -0.1) is 5.10 Å². The highest BCUT2D eigenvalue weighted by atomic mass is 16.2. The SMILES string of the molecule is NC(=O)CNC(=O)Cn1ccnn1. The van der Waals surface area contributed by atoms with Gasteiger partial charge < -0.3 is 11.1 Å². The van der Waals surface area contributed by atoms with E-state index in [1.54, 1.807) is 6.20 Å². The molecule has 0 radical (unpaired) electrons. The van der Waals surface area contributed by atoms with Crippen LogP contribution < -0.4 is 11.1 Å². The quantitative estimate of drug-likeness (QED) is 0.557. The van der Waals surface area contributed by atoms with Crippen LogP contribution in [0.4, 0.5) is 0 Å². The number of carbonyl (C=O) groups excluding carboxylic acids is 2. The van der Waals surface area contributed by atoms with Gasteiger partial charge in [-0.3, -0.25) is 9.59 Å². The number of aromatic nitrogens is 3. The Morgan fingerprint density at radius 1 is 1.54 bits per heavy atom. The summed E-state index contributed by atoms with van der Waals surface area (Å²) in [6.07, 6.45) is 3.01. The van der Waals surface area contributed by atoms with Crippen molar-refractivity contribution < 1.29 is 9.59 Å². The van der Waals surface area contributed by atoms with Crippen LogP contribution in [-0.4, -0.2) is 33.4 Å². The second kappa shape index (κ2) is 4.19. The molecular weight excluding hydrogens is 174 g/mol. The summed E-state index contributed by atoms with van der Waals surface area (Å²) in [7, 11) is 0. The highest BCUT2D eigenvalue weighted by Gasteiger charge is 2.03. The molecule has 1 rings (SSSR count). The molecule has 0 fully saturated rings. The van der Waals surface area contributed by atoms with Crippen molar-refractivity contribution >= 4 is 11.8 Å². The molecule has 7 nitrogen and oxygen atoms in total. The van der Waals surface area contributed by atoms with Gasteiger partial charge in [0.2, 0.25) is 11.8 Å². The van der Waals surface area contributed by atoms with Crippen LogP contribution in [-0.2, 0) is 16.1 Å². The average molecular weight is 183 g/mol. The first-order valence-electron chi connectivity index (χ1n) is 3.57. The lowest BCUT2D eigenvalue weighted by Gasteiger charge is -2.01. The van der Waals surface area contributed by atoms with Gasteiger partial charge in [-0.05, 0) is 0 Å². The van der Waals surface area contributed by atoms with Crippen LogP contribution in [0.3, 0.4) is 0 Å². The zero-order valence-electron chi connectivity index (χ0n) is 6.80. The van der Waals surface area contributed by atoms with Crippen LogP contribution in [0.2, 0.25) is 0 Å². The van der Waals surface area contributed by atoms with Gasteiger partial charge >= 0.3 is 0 Å². The number of rotatable bonds is 4. The van der Waals surface area contributed by atoms with Gasteiger partial charge in [0.15, 0.2) is 0 Å². The summed E-state index contributed by atoms with van der Waals surface area (Å²) >= 11 is 0. The lowest BCUT2D eigenvalue weighted by molar-refractivity contribution is -0.125. The van der Waals surface area contributed by atoms with Crippen LogP contribution in [0.25, 0.3) is 0 Å². The van der Waals surface area contributed by atoms with Crippen molar-refractivity contribution in [2.75, 3.05) is 6.54 Å². The predicted octanol–water partition coefficient (Wildman–Crippen LogP) is -2.12. The fourth-order valence-corrected chi connectivity index (χ4v) is 0.706. The van der Waals surface area contributed by atoms with E-state index in [-0.39, 0.29) is 19.0 Å². The number of carbonyl (C=O) groups is 2. The average Bonchev–Trinajstić information content (AvgIpc) is 2.53. The van der Waals surface area contributed by atoms with E-state index in [0.29, 0.717) is 0 Å². The molecule has 1 aromatic rings. The van der Waals surface area contributed by atoms with E-state index in [0.717, 1.165) is 0 Å². The summed E-state index contributed by atoms with van der Waals surface area (Å²) in [5.41, 5.74) is 4.83. The molecule has 0 atom stereocenters. The van der Waals surface area contributed by atoms with Gasteiger partial charge in [0.25, 0.3) is 0 Å². The van der Waals surface area contributed by atoms with E-state index in [1.807, 2.05) is 0 Å². The Kier molecular flexibility index (Phi) is 2.96. The molecule has 0 saturated carbocycles. The number of nitrogens with zero attached hydrogens (tertiary/aromatic N) is 3. The summed E-state index contributed by atoms with van der Waals surface area (Å²) in [4.78, 5) is 21.3. The Labute approximate surface area is 73.9 Å². The van der Waals surface area contributed by atoms with Crippen LogP contribution in [0.15, 0.2) is 12.4 Å². The second-order valence-corrected chi connectivity index (χ2v) is 2.34. The topological polar surface area (TPSA) is 103 Å². The molecule has 1 aromatic heterocycles. The molecule has 0 bridgehead atoms. The zero-order chi connectivity index (χ0) is 9.68. The first kappa shape index (κ1) is 9.17. The van der Waals surface area contributed by atoms with Crippen LogP contribution in [0, 0.1) is 0 Å². The molecule has 2 amide bonds. The van der Waals surface area contributed by atoms with E-state index in [4.69, 9.17) is 5.73 Å². The molecule has 0 aromatic carbocycles. The number of amides is 2. The Morgan fingerprint density at radius 3 is 2.85 bits per heavy atom. The van der Waals surface area contributed by atoms with Gasteiger partial charge in [0.05, 0.1) is 12.7 Å². The summed E-state index contributed by atoms with van der Waals surface area (Å²) in [6, 6.07) is 0. The summed E-state index contributed by atoms with van der Waals surface area (Å²) in [5, 5.41) is 9.40. The third kappa shape index (κ3) is 3.32. The molecule has 0 spiro atoms. The maximum Gasteiger partial charge on any atom is 0.242 e. The summed E-state index contributed by atoms with van der Waals surface area (Å²) < 4.78 is 1.34. The van der Waals surface area contributed by atoms with Crippen LogP contribution >= 0.6 is 0 Å². The molecule has 3 N–H and O–H groups in total. The fraction of sp³-hybridized carbons (Fsp3) is 0.333. The van der Waals surface area contributed by atoms with Crippen LogP contribution in [0.1, 0.15) is 0 Å². The van der Waals surface area contributed by atoms with Crippen molar-refractivity contribution in [2.24, 2.45) is 5.73 Å². The van der Waals surface area contributed by atoms with E-state index in [1.165, 1.54) is 10.9 Å². The Hall–Kier alpha value is -1.92. The van der Waals surface area contributed by atoms with Gasteiger partial charge in [-0.1, -0.05) is 5.21 Å². The Morgan fingerprint density at radius 2 is 2.31 bits per heavy atom. The molecule has 13 heavy (non-hydrogen) atoms. The number of hydrogen-bond acceptors (Lipinski definition) is 4. The number of nitrogens with two attached hydrogens (primary N) is 1. The monoisotopic (exact) mass is 183 g/mol. The maximum absolute atomic E-state index is 11.0. The minimum absolute atomic E-state index is 0.0350. The van der Waals surface area contributed by atoms with Crippen molar-refractivity contribution in [3.63, 3.8) is 0 Å². The standard InChI is InChI=1S/C6H9N5O2/c7-5(12)3-8-6(13)4-11-2-1-9-10-11/h1-2H,3-4H2,(H2,7,12)(H,8,13). The van der Waals surface area contributed by atoms with E-state index < -0.39 is 5.91 Å². The summed E-state index contributed by atoms with van der Waals surface area (Å²) in [5.74, 6) is -0.906. The molecule has 0 unspecified atom stereocenters. The molecule has 1 heterocycles. The van der Waals surface area contributed by atoms with Gasteiger partial charge in [-0.2, -0.15) is 0 Å². The van der Waals surface area contributed by atoms with E-state index in [2.05, 4.69) is 15.6 Å². The smallest absolute Gasteiger partial charge is 0.242 e. The van der Waals surface area contributed by atoms with Gasteiger partial charge in [-0.25, -0.2) is 4.68 Å². The van der Waals surface area contributed by atoms with Gasteiger partial charge in [0.1, 0.15) is 6.54 Å². The lowest BCUT2D eigenvalue weighted by atomic mass is 10.5. The summed E-state index contributed by atoms with van der Waals surface area (Å²) in [6.45, 7) is -0.124. The van der Waals surface area contributed by atoms with E-state index >= 15 is 0 Å². The highest BCUT2D eigenvalue weighted by molar-refractivity contribution is 5.83. The molecule has 0 aliphatic heterocycles. The van der Waals surface area contributed by atoms with Crippen molar-refractivity contribution in [1.29, 1.82) is 0 Å². The molecule has 0 aliphatic carbocycles. The zero-order valence-corrected chi connectivity index (χ0v) is 6.80. The van der Waals surface area contributed by atoms with Crippen molar-refractivity contribution in [3.05, 3.63) is 12.4 Å². The minimum Gasteiger partial charge on any atom is -0.368 e. The molecule has 70 valence electrons. The third-order valence-corrected chi connectivity index (χ3v) is 1.24. The Balaban J connectivity index is 2.30. The second-order valence-electron chi connectivity index (χ2n) is 2.34. The Bertz CT molecular complexity index is 294. The molecule has 7 heteroatoms. The minimum atomic E-state index is -0.577. The number of primary amides is 1.